The lowest BCUT2D eigenvalue weighted by Crippen LogP contribution is -3.00. The number of hydroxylamine groups is 3. The first-order valence-corrected chi connectivity index (χ1v) is 12.3. The third-order valence-electron chi connectivity index (χ3n) is 5.58. The lowest BCUT2D eigenvalue weighted by molar-refractivity contribution is -1.07. The third kappa shape index (κ3) is 20.7. The van der Waals surface area contributed by atoms with Gasteiger partial charge in [-0.1, -0.05) is 103 Å². The molecule has 0 aromatic heterocycles. The molecule has 174 valence electrons. The van der Waals surface area contributed by atoms with Gasteiger partial charge in [0, 0.05) is 12.5 Å². The first kappa shape index (κ1) is 30.8. The molecular formula is C25H50BrNO2. The number of carbonyl (C=O) groups is 1. The van der Waals surface area contributed by atoms with Gasteiger partial charge >= 0.3 is 5.97 Å². The molecule has 0 N–H and O–H groups in total. The largest absolute Gasteiger partial charge is 1.00 e. The smallest absolute Gasteiger partial charge is 0.389 e. The van der Waals surface area contributed by atoms with Crippen molar-refractivity contribution in [1.82, 2.24) is 0 Å². The molecule has 4 heteroatoms. The SMILES string of the molecule is CC=CC(=O)O[N+](C)(CCCC)CCCCCCCCCCCCCCCC.[Br-]. The summed E-state index contributed by atoms with van der Waals surface area (Å²) in [6, 6.07) is 0. The van der Waals surface area contributed by atoms with Crippen LogP contribution in [0.15, 0.2) is 12.2 Å². The van der Waals surface area contributed by atoms with Gasteiger partial charge in [0.05, 0.1) is 0 Å². The van der Waals surface area contributed by atoms with Gasteiger partial charge in [-0.05, 0) is 19.8 Å². The van der Waals surface area contributed by atoms with E-state index < -0.39 is 0 Å². The minimum absolute atomic E-state index is 0. The Kier molecular flexibility index (Phi) is 23.8. The van der Waals surface area contributed by atoms with Crippen molar-refractivity contribution in [3.63, 3.8) is 0 Å². The number of hydrogen-bond acceptors (Lipinski definition) is 2. The Morgan fingerprint density at radius 1 is 0.690 bits per heavy atom. The summed E-state index contributed by atoms with van der Waals surface area (Å²) in [4.78, 5) is 17.6. The number of hydrogen-bond donors (Lipinski definition) is 0. The van der Waals surface area contributed by atoms with Crippen LogP contribution in [0.5, 0.6) is 0 Å². The summed E-state index contributed by atoms with van der Waals surface area (Å²) in [5, 5.41) is 0. The normalized spacial score (nSPS) is 13.2. The van der Waals surface area contributed by atoms with E-state index in [0.29, 0.717) is 4.65 Å². The Labute approximate surface area is 193 Å². The predicted molar refractivity (Wildman–Crippen MR) is 122 cm³/mol. The van der Waals surface area contributed by atoms with Crippen LogP contribution in [0.1, 0.15) is 124 Å². The Morgan fingerprint density at radius 2 is 1.07 bits per heavy atom. The average Bonchev–Trinajstić information content (AvgIpc) is 2.67. The number of halogens is 1. The van der Waals surface area contributed by atoms with Crippen molar-refractivity contribution in [3.05, 3.63) is 12.2 Å². The zero-order valence-corrected chi connectivity index (χ0v) is 21.6. The van der Waals surface area contributed by atoms with Crippen molar-refractivity contribution >= 4 is 5.97 Å². The molecule has 1 atom stereocenters. The van der Waals surface area contributed by atoms with Gasteiger partial charge in [0.15, 0.2) is 0 Å². The molecule has 0 aliphatic heterocycles. The van der Waals surface area contributed by atoms with Crippen molar-refractivity contribution in [3.8, 4) is 0 Å². The van der Waals surface area contributed by atoms with E-state index in [9.17, 15) is 4.79 Å². The van der Waals surface area contributed by atoms with E-state index in [1.54, 1.807) is 6.08 Å². The zero-order chi connectivity index (χ0) is 20.9. The minimum atomic E-state index is -0.216. The molecule has 0 aromatic rings. The Hall–Kier alpha value is -0.350. The molecule has 0 aromatic carbocycles. The fraction of sp³-hybridized carbons (Fsp3) is 0.880. The van der Waals surface area contributed by atoms with Gasteiger partial charge in [-0.15, -0.1) is 4.65 Å². The highest BCUT2D eigenvalue weighted by Crippen LogP contribution is 2.15. The molecule has 29 heavy (non-hydrogen) atoms. The van der Waals surface area contributed by atoms with E-state index in [1.165, 1.54) is 89.5 Å². The number of nitrogens with zero attached hydrogens (tertiary/aromatic N) is 1. The fourth-order valence-electron chi connectivity index (χ4n) is 3.72. The first-order valence-electron chi connectivity index (χ1n) is 12.3. The summed E-state index contributed by atoms with van der Waals surface area (Å²) in [5.74, 6) is -0.216. The van der Waals surface area contributed by atoms with Gasteiger partial charge in [0.2, 0.25) is 0 Å². The average molecular weight is 477 g/mol. The van der Waals surface area contributed by atoms with Crippen LogP contribution in [-0.2, 0) is 9.63 Å². The van der Waals surface area contributed by atoms with Gasteiger partial charge in [-0.2, -0.15) is 0 Å². The van der Waals surface area contributed by atoms with Crippen LogP contribution >= 0.6 is 0 Å². The molecule has 0 saturated heterocycles. The van der Waals surface area contributed by atoms with Crippen LogP contribution in [0.3, 0.4) is 0 Å². The highest BCUT2D eigenvalue weighted by atomic mass is 79.9. The molecule has 0 spiro atoms. The summed E-state index contributed by atoms with van der Waals surface area (Å²) in [7, 11) is 2.05. The standard InChI is InChI=1S/C25H50NO2.BrH/c1-5-8-10-11-12-13-14-15-16-17-18-19-20-21-24-26(4,23-9-6-2)28-25(27)22-7-3;/h7,22H,5-6,8-21,23-24H2,1-4H3;1H/q+1;/p-1. The van der Waals surface area contributed by atoms with E-state index in [4.69, 9.17) is 4.84 Å². The summed E-state index contributed by atoms with van der Waals surface area (Å²) >= 11 is 0. The highest BCUT2D eigenvalue weighted by molar-refractivity contribution is 5.81. The van der Waals surface area contributed by atoms with E-state index >= 15 is 0 Å². The van der Waals surface area contributed by atoms with Crippen molar-refractivity contribution in [1.29, 1.82) is 0 Å². The van der Waals surface area contributed by atoms with E-state index in [0.717, 1.165) is 32.4 Å². The van der Waals surface area contributed by atoms with Crippen molar-refractivity contribution in [2.45, 2.75) is 124 Å². The third-order valence-corrected chi connectivity index (χ3v) is 5.58. The molecule has 0 fully saturated rings. The maximum absolute atomic E-state index is 11.8. The number of carbonyl (C=O) groups excluding carboxylic acids is 1. The van der Waals surface area contributed by atoms with Gasteiger partial charge in [0.25, 0.3) is 0 Å². The van der Waals surface area contributed by atoms with Crippen LogP contribution in [0.25, 0.3) is 0 Å². The highest BCUT2D eigenvalue weighted by Gasteiger charge is 2.25. The van der Waals surface area contributed by atoms with Gasteiger partial charge < -0.3 is 17.0 Å². The summed E-state index contributed by atoms with van der Waals surface area (Å²) in [6.45, 7) is 8.17. The Bertz CT molecular complexity index is 387. The lowest BCUT2D eigenvalue weighted by Gasteiger charge is -2.30. The molecule has 3 nitrogen and oxygen atoms in total. The quantitative estimate of drug-likeness (QED) is 0.110. The molecule has 0 rings (SSSR count). The van der Waals surface area contributed by atoms with Crippen molar-refractivity contribution in [2.24, 2.45) is 0 Å². The second-order valence-corrected chi connectivity index (χ2v) is 8.60. The first-order chi connectivity index (χ1) is 13.6. The van der Waals surface area contributed by atoms with Crippen LogP contribution in [0, 0.1) is 0 Å². The van der Waals surface area contributed by atoms with Gasteiger partial charge in [-0.25, -0.2) is 4.79 Å². The van der Waals surface area contributed by atoms with Gasteiger partial charge in [0.1, 0.15) is 20.1 Å². The molecular weight excluding hydrogens is 426 g/mol. The minimum Gasteiger partial charge on any atom is -1.00 e. The van der Waals surface area contributed by atoms with Crippen LogP contribution in [0.4, 0.5) is 0 Å². The zero-order valence-electron chi connectivity index (χ0n) is 20.0. The molecule has 0 aliphatic rings. The monoisotopic (exact) mass is 475 g/mol. The summed E-state index contributed by atoms with van der Waals surface area (Å²) < 4.78 is 0.426. The molecule has 0 saturated carbocycles. The maximum atomic E-state index is 11.8. The van der Waals surface area contributed by atoms with E-state index in [-0.39, 0.29) is 23.0 Å². The summed E-state index contributed by atoms with van der Waals surface area (Å²) in [6.07, 6.45) is 24.7. The molecule has 1 unspecified atom stereocenters. The van der Waals surface area contributed by atoms with Crippen molar-refractivity contribution < 1.29 is 31.3 Å². The molecule has 0 bridgehead atoms. The fourth-order valence-corrected chi connectivity index (χ4v) is 3.72. The predicted octanol–water partition coefficient (Wildman–Crippen LogP) is 4.75. The second-order valence-electron chi connectivity index (χ2n) is 8.60. The Morgan fingerprint density at radius 3 is 1.48 bits per heavy atom. The number of rotatable bonds is 20. The number of unbranched alkanes of at least 4 members (excludes halogenated alkanes) is 14. The van der Waals surface area contributed by atoms with Crippen molar-refractivity contribution in [2.75, 3.05) is 20.1 Å². The summed E-state index contributed by atoms with van der Waals surface area (Å²) in [5.41, 5.74) is 0. The second kappa shape index (κ2) is 22.3. The topological polar surface area (TPSA) is 26.3 Å². The van der Waals surface area contributed by atoms with Crippen LogP contribution < -0.4 is 17.0 Å². The van der Waals surface area contributed by atoms with Gasteiger partial charge in [-0.3, -0.25) is 4.84 Å². The van der Waals surface area contributed by atoms with E-state index in [1.807, 2.05) is 6.92 Å². The van der Waals surface area contributed by atoms with Crippen LogP contribution in [0.2, 0.25) is 0 Å². The maximum Gasteiger partial charge on any atom is 0.389 e. The lowest BCUT2D eigenvalue weighted by atomic mass is 10.0. The molecule has 0 radical (unpaired) electrons. The number of allylic oxidation sites excluding steroid dienone is 1. The van der Waals surface area contributed by atoms with E-state index in [2.05, 4.69) is 20.9 Å². The Balaban J connectivity index is 0. The number of quaternary nitrogens is 1. The molecule has 0 amide bonds. The molecule has 0 aliphatic carbocycles. The molecule has 0 heterocycles. The van der Waals surface area contributed by atoms with Crippen LogP contribution in [-0.4, -0.2) is 30.8 Å².